The fourth-order valence-electron chi connectivity index (χ4n) is 2.73. The molecule has 0 saturated carbocycles. The van der Waals surface area contributed by atoms with Gasteiger partial charge in [0.15, 0.2) is 8.32 Å². The van der Waals surface area contributed by atoms with Gasteiger partial charge >= 0.3 is 15.2 Å². The van der Waals surface area contributed by atoms with Gasteiger partial charge in [-0.05, 0) is 64.2 Å². The van der Waals surface area contributed by atoms with E-state index >= 15 is 0 Å². The molecule has 0 heterocycles. The Kier molecular flexibility index (Phi) is 12.8. The quantitative estimate of drug-likeness (QED) is 0.0542. The summed E-state index contributed by atoms with van der Waals surface area (Å²) in [5, 5.41) is 1.26. The van der Waals surface area contributed by atoms with Crippen LogP contribution in [0.25, 0.3) is 10.4 Å². The molecular formula is C18H41N3O7P2Si. The lowest BCUT2D eigenvalue weighted by atomic mass is 10.2. The van der Waals surface area contributed by atoms with Crippen molar-refractivity contribution in [3.05, 3.63) is 10.4 Å². The molecule has 0 aromatic carbocycles. The van der Waals surface area contributed by atoms with Gasteiger partial charge in [-0.1, -0.05) is 25.9 Å². The van der Waals surface area contributed by atoms with Crippen molar-refractivity contribution in [2.24, 2.45) is 5.11 Å². The van der Waals surface area contributed by atoms with Crippen LogP contribution in [0.3, 0.4) is 0 Å². The SMILES string of the molecule is CCOP(=O)(OCC)C(CCCN=[N+]=[N-])(O[Si](C)(C)C(C)(C)C)P(=O)(OCC)OCC. The Morgan fingerprint density at radius 1 is 0.871 bits per heavy atom. The van der Waals surface area contributed by atoms with Gasteiger partial charge in [-0.3, -0.25) is 9.13 Å². The largest absolute Gasteiger partial charge is 0.392 e. The highest BCUT2D eigenvalue weighted by Gasteiger charge is 2.68. The minimum absolute atomic E-state index is 0.0485. The van der Waals surface area contributed by atoms with E-state index in [1.807, 2.05) is 33.9 Å². The first-order chi connectivity index (χ1) is 14.3. The zero-order valence-corrected chi connectivity index (χ0v) is 23.3. The lowest BCUT2D eigenvalue weighted by Crippen LogP contribution is -2.50. The van der Waals surface area contributed by atoms with Crippen molar-refractivity contribution < 1.29 is 31.7 Å². The van der Waals surface area contributed by atoms with Crippen LogP contribution in [0, 0.1) is 0 Å². The van der Waals surface area contributed by atoms with Gasteiger partial charge in [0.25, 0.3) is 5.08 Å². The average Bonchev–Trinajstić information content (AvgIpc) is 2.63. The molecule has 0 aliphatic rings. The summed E-state index contributed by atoms with van der Waals surface area (Å²) in [4.78, 5) is 2.77. The zero-order chi connectivity index (χ0) is 24.4. The molecule has 13 heteroatoms. The molecule has 31 heavy (non-hydrogen) atoms. The van der Waals surface area contributed by atoms with E-state index in [4.69, 9.17) is 28.1 Å². The van der Waals surface area contributed by atoms with Crippen LogP contribution in [0.1, 0.15) is 61.3 Å². The second kappa shape index (κ2) is 12.9. The molecule has 0 aromatic rings. The number of hydrogen-bond acceptors (Lipinski definition) is 8. The first-order valence-electron chi connectivity index (χ1n) is 10.8. The number of azide groups is 1. The van der Waals surface area contributed by atoms with Gasteiger partial charge < -0.3 is 22.5 Å². The van der Waals surface area contributed by atoms with Crippen molar-refractivity contribution >= 4 is 23.5 Å². The molecule has 0 atom stereocenters. The minimum Gasteiger partial charge on any atom is -0.392 e. The topological polar surface area (TPSA) is 129 Å². The molecule has 0 aliphatic heterocycles. The number of hydrogen-bond donors (Lipinski definition) is 0. The van der Waals surface area contributed by atoms with Crippen LogP contribution >= 0.6 is 15.2 Å². The molecule has 0 radical (unpaired) electrons. The zero-order valence-electron chi connectivity index (χ0n) is 20.5. The van der Waals surface area contributed by atoms with Crippen molar-refractivity contribution in [3.63, 3.8) is 0 Å². The summed E-state index contributed by atoms with van der Waals surface area (Å²) in [5.41, 5.74) is 8.67. The number of nitrogens with zero attached hydrogens (tertiary/aromatic N) is 3. The summed E-state index contributed by atoms with van der Waals surface area (Å²) in [5.74, 6) is 0. The molecule has 0 unspecified atom stereocenters. The van der Waals surface area contributed by atoms with E-state index in [1.54, 1.807) is 27.7 Å². The Hall–Kier alpha value is -0.213. The molecule has 0 aliphatic carbocycles. The van der Waals surface area contributed by atoms with Crippen LogP contribution < -0.4 is 0 Å². The Labute approximate surface area is 188 Å². The first-order valence-corrected chi connectivity index (χ1v) is 16.7. The molecule has 0 saturated heterocycles. The molecule has 0 amide bonds. The van der Waals surface area contributed by atoms with E-state index in [9.17, 15) is 9.13 Å². The summed E-state index contributed by atoms with van der Waals surface area (Å²) in [6.07, 6.45) is 0.181. The highest BCUT2D eigenvalue weighted by Crippen LogP contribution is 2.80. The van der Waals surface area contributed by atoms with Crippen LogP contribution in [0.5, 0.6) is 0 Å². The predicted molar refractivity (Wildman–Crippen MR) is 126 cm³/mol. The third-order valence-electron chi connectivity index (χ3n) is 5.10. The van der Waals surface area contributed by atoms with Crippen LogP contribution in [0.15, 0.2) is 5.11 Å². The van der Waals surface area contributed by atoms with Gasteiger partial charge in [0, 0.05) is 11.5 Å². The number of rotatable bonds is 16. The first kappa shape index (κ1) is 30.8. The lowest BCUT2D eigenvalue weighted by molar-refractivity contribution is 0.0829. The third-order valence-corrected chi connectivity index (χ3v) is 16.1. The van der Waals surface area contributed by atoms with Crippen molar-refractivity contribution in [1.82, 2.24) is 0 Å². The summed E-state index contributed by atoms with van der Waals surface area (Å²) < 4.78 is 58.1. The van der Waals surface area contributed by atoms with Gasteiger partial charge in [-0.25, -0.2) is 0 Å². The highest BCUT2D eigenvalue weighted by atomic mass is 31.2. The van der Waals surface area contributed by atoms with Gasteiger partial charge in [-0.15, -0.1) is 0 Å². The van der Waals surface area contributed by atoms with Crippen LogP contribution in [0.4, 0.5) is 0 Å². The Morgan fingerprint density at radius 2 is 1.26 bits per heavy atom. The molecule has 184 valence electrons. The van der Waals surface area contributed by atoms with Gasteiger partial charge in [-0.2, -0.15) is 0 Å². The van der Waals surface area contributed by atoms with E-state index < -0.39 is 28.6 Å². The second-order valence-corrected chi connectivity index (χ2v) is 17.9. The van der Waals surface area contributed by atoms with Gasteiger partial charge in [0.1, 0.15) is 0 Å². The molecule has 10 nitrogen and oxygen atoms in total. The van der Waals surface area contributed by atoms with Crippen molar-refractivity contribution in [2.45, 2.75) is 84.5 Å². The van der Waals surface area contributed by atoms with Crippen LogP contribution in [-0.2, 0) is 31.7 Å². The van der Waals surface area contributed by atoms with E-state index in [1.165, 1.54) is 0 Å². The summed E-state index contributed by atoms with van der Waals surface area (Å²) >= 11 is 0. The maximum Gasteiger partial charge on any atom is 0.373 e. The van der Waals surface area contributed by atoms with Crippen molar-refractivity contribution in [1.29, 1.82) is 0 Å². The molecular weight excluding hydrogens is 460 g/mol. The highest BCUT2D eigenvalue weighted by molar-refractivity contribution is 7.74. The molecule has 0 rings (SSSR count). The van der Waals surface area contributed by atoms with E-state index in [0.29, 0.717) is 0 Å². The van der Waals surface area contributed by atoms with Gasteiger partial charge in [0.2, 0.25) is 0 Å². The van der Waals surface area contributed by atoms with E-state index in [2.05, 4.69) is 10.0 Å². The van der Waals surface area contributed by atoms with Crippen molar-refractivity contribution in [2.75, 3.05) is 33.0 Å². The molecule has 0 fully saturated rings. The Balaban J connectivity index is 7.10. The summed E-state index contributed by atoms with van der Waals surface area (Å²) in [6, 6.07) is 0. The maximum atomic E-state index is 14.3. The smallest absolute Gasteiger partial charge is 0.373 e. The molecule has 0 aromatic heterocycles. The minimum atomic E-state index is -4.19. The van der Waals surface area contributed by atoms with Crippen LogP contribution in [-0.4, -0.2) is 46.4 Å². The van der Waals surface area contributed by atoms with E-state index in [-0.39, 0.29) is 50.9 Å². The van der Waals surface area contributed by atoms with E-state index in [0.717, 1.165) is 0 Å². The fourth-order valence-corrected chi connectivity index (χ4v) is 11.3. The summed E-state index contributed by atoms with van der Waals surface area (Å²) in [7, 11) is -11.1. The third kappa shape index (κ3) is 7.39. The molecule has 0 spiro atoms. The molecule has 0 bridgehead atoms. The van der Waals surface area contributed by atoms with Gasteiger partial charge in [0.05, 0.1) is 26.4 Å². The Bertz CT molecular complexity index is 644. The predicted octanol–water partition coefficient (Wildman–Crippen LogP) is 7.28. The van der Waals surface area contributed by atoms with Crippen LogP contribution in [0.2, 0.25) is 18.1 Å². The lowest BCUT2D eigenvalue weighted by Gasteiger charge is -2.48. The molecule has 0 N–H and O–H groups in total. The normalized spacial score (nSPS) is 13.8. The second-order valence-electron chi connectivity index (χ2n) is 8.33. The monoisotopic (exact) mass is 501 g/mol. The fraction of sp³-hybridized carbons (Fsp3) is 1.00. The average molecular weight is 502 g/mol. The van der Waals surface area contributed by atoms with Crippen molar-refractivity contribution in [3.8, 4) is 0 Å². The maximum absolute atomic E-state index is 14.3. The standard InChI is InChI=1S/C18H41N3O7P2Si/c1-10-24-29(22,25-11-2)18(15-14-16-20-21-19,28-31(8,9)17(5,6)7)30(23,26-12-3)27-13-4/h10-16H2,1-9H3. The Morgan fingerprint density at radius 3 is 1.55 bits per heavy atom. The summed E-state index contributed by atoms with van der Waals surface area (Å²) in [6.45, 7) is 17.0.